The Morgan fingerprint density at radius 3 is 2.35 bits per heavy atom. The number of alkyl halides is 3. The van der Waals surface area contributed by atoms with E-state index in [9.17, 15) is 22.8 Å². The lowest BCUT2D eigenvalue weighted by Gasteiger charge is -2.30. The van der Waals surface area contributed by atoms with E-state index >= 15 is 0 Å². The van der Waals surface area contributed by atoms with Gasteiger partial charge >= 0.3 is 12.2 Å². The molecule has 5 nitrogen and oxygen atoms in total. The van der Waals surface area contributed by atoms with Crippen molar-refractivity contribution in [2.75, 3.05) is 18.6 Å². The third-order valence-corrected chi connectivity index (χ3v) is 2.87. The van der Waals surface area contributed by atoms with Crippen LogP contribution in [0.4, 0.5) is 23.7 Å². The number of halogens is 3. The fourth-order valence-corrected chi connectivity index (χ4v) is 1.82. The molecule has 1 heterocycles. The zero-order valence-corrected chi connectivity index (χ0v) is 10.4. The molecule has 1 unspecified atom stereocenters. The first-order valence-corrected chi connectivity index (χ1v) is 5.66. The average Bonchev–Trinajstić information content (AvgIpc) is 2.38. The Bertz CT molecular complexity index is 528. The van der Waals surface area contributed by atoms with Gasteiger partial charge in [-0.3, -0.25) is 4.79 Å². The Morgan fingerprint density at radius 1 is 1.25 bits per heavy atom. The number of carbonyl (C=O) groups excluding carboxylic acids is 2. The van der Waals surface area contributed by atoms with Gasteiger partial charge in [0, 0.05) is 7.11 Å². The van der Waals surface area contributed by atoms with E-state index in [0.29, 0.717) is 0 Å². The van der Waals surface area contributed by atoms with Gasteiger partial charge in [0.1, 0.15) is 0 Å². The van der Waals surface area contributed by atoms with Crippen LogP contribution in [0.2, 0.25) is 0 Å². The number of methoxy groups -OCH3 is 1. The third kappa shape index (κ3) is 2.60. The van der Waals surface area contributed by atoms with E-state index in [0.717, 1.165) is 29.2 Å². The lowest BCUT2D eigenvalue weighted by atomic mass is 10.1. The molecule has 1 aliphatic heterocycles. The van der Waals surface area contributed by atoms with Gasteiger partial charge in [-0.05, 0) is 24.3 Å². The number of ether oxygens (including phenoxy) is 1. The van der Waals surface area contributed by atoms with Crippen molar-refractivity contribution in [3.05, 3.63) is 29.8 Å². The number of nitrogens with one attached hydrogen (secondary N) is 1. The highest BCUT2D eigenvalue weighted by Crippen LogP contribution is 2.30. The Labute approximate surface area is 112 Å². The maximum atomic E-state index is 12.5. The van der Waals surface area contributed by atoms with Gasteiger partial charge < -0.3 is 10.1 Å². The maximum absolute atomic E-state index is 12.5. The average molecular weight is 288 g/mol. The van der Waals surface area contributed by atoms with E-state index < -0.39 is 29.8 Å². The van der Waals surface area contributed by atoms with Crippen LogP contribution in [0.5, 0.6) is 0 Å². The molecule has 108 valence electrons. The summed E-state index contributed by atoms with van der Waals surface area (Å²) in [5.74, 6) is -0.615. The summed E-state index contributed by atoms with van der Waals surface area (Å²) >= 11 is 0. The molecule has 3 amide bonds. The molecular weight excluding hydrogens is 277 g/mol. The molecule has 0 saturated carbocycles. The Hall–Kier alpha value is -2.09. The number of urea groups is 1. The van der Waals surface area contributed by atoms with Gasteiger partial charge in [-0.25, -0.2) is 9.69 Å². The molecule has 0 bridgehead atoms. The second-order valence-electron chi connectivity index (χ2n) is 4.13. The summed E-state index contributed by atoms with van der Waals surface area (Å²) in [6.45, 7) is 0.0330. The highest BCUT2D eigenvalue weighted by molar-refractivity contribution is 6.17. The first-order chi connectivity index (χ1) is 9.34. The van der Waals surface area contributed by atoms with E-state index in [1.807, 2.05) is 0 Å². The predicted octanol–water partition coefficient (Wildman–Crippen LogP) is 1.78. The van der Waals surface area contributed by atoms with Crippen LogP contribution < -0.4 is 10.2 Å². The van der Waals surface area contributed by atoms with Crippen molar-refractivity contribution in [1.82, 2.24) is 5.32 Å². The summed E-state index contributed by atoms with van der Waals surface area (Å²) in [6.07, 6.45) is -5.32. The smallest absolute Gasteiger partial charge is 0.370 e. The molecule has 0 aromatic heterocycles. The van der Waals surface area contributed by atoms with Crippen molar-refractivity contribution in [3.63, 3.8) is 0 Å². The quantitative estimate of drug-likeness (QED) is 0.902. The van der Waals surface area contributed by atoms with Gasteiger partial charge in [0.05, 0.1) is 17.8 Å². The second-order valence-corrected chi connectivity index (χ2v) is 4.13. The zero-order valence-electron chi connectivity index (χ0n) is 10.4. The molecule has 1 fully saturated rings. The number of imide groups is 1. The normalized spacial score (nSPS) is 20.0. The lowest BCUT2D eigenvalue weighted by molar-refractivity contribution is -0.137. The van der Waals surface area contributed by atoms with Crippen LogP contribution in [0.3, 0.4) is 0 Å². The third-order valence-electron chi connectivity index (χ3n) is 2.87. The molecule has 1 aromatic carbocycles. The standard InChI is InChI=1S/C12H11F3N2O3/c1-20-9-6-16-11(19)17(10(9)18)8-4-2-7(3-5-8)12(13,14)15/h2-5,9H,6H2,1H3,(H,16,19). The fourth-order valence-electron chi connectivity index (χ4n) is 1.82. The van der Waals surface area contributed by atoms with Crippen molar-refractivity contribution in [3.8, 4) is 0 Å². The summed E-state index contributed by atoms with van der Waals surface area (Å²) in [4.78, 5) is 24.4. The summed E-state index contributed by atoms with van der Waals surface area (Å²) in [6, 6.07) is 3.07. The number of anilines is 1. The van der Waals surface area contributed by atoms with Gasteiger partial charge in [-0.2, -0.15) is 13.2 Å². The molecular formula is C12H11F3N2O3. The molecule has 1 saturated heterocycles. The molecule has 2 rings (SSSR count). The summed E-state index contributed by atoms with van der Waals surface area (Å²) in [7, 11) is 1.31. The van der Waals surface area contributed by atoms with E-state index in [1.165, 1.54) is 7.11 Å². The zero-order chi connectivity index (χ0) is 14.9. The van der Waals surface area contributed by atoms with Crippen molar-refractivity contribution in [2.45, 2.75) is 12.3 Å². The minimum absolute atomic E-state index is 0.0330. The first kappa shape index (κ1) is 14.3. The molecule has 1 aliphatic rings. The second kappa shape index (κ2) is 5.12. The van der Waals surface area contributed by atoms with Crippen LogP contribution in [-0.2, 0) is 15.7 Å². The van der Waals surface area contributed by atoms with Crippen LogP contribution in [-0.4, -0.2) is 31.7 Å². The molecule has 1 atom stereocenters. The van der Waals surface area contributed by atoms with E-state index in [1.54, 1.807) is 0 Å². The van der Waals surface area contributed by atoms with Crippen LogP contribution in [0.25, 0.3) is 0 Å². The van der Waals surface area contributed by atoms with Crippen molar-refractivity contribution in [2.24, 2.45) is 0 Å². The number of rotatable bonds is 2. The molecule has 0 aliphatic carbocycles. The van der Waals surface area contributed by atoms with Crippen molar-refractivity contribution in [1.29, 1.82) is 0 Å². The van der Waals surface area contributed by atoms with Gasteiger partial charge in [-0.15, -0.1) is 0 Å². The van der Waals surface area contributed by atoms with Gasteiger partial charge in [0.25, 0.3) is 5.91 Å². The van der Waals surface area contributed by atoms with Crippen LogP contribution in [0.1, 0.15) is 5.56 Å². The van der Waals surface area contributed by atoms with Crippen LogP contribution >= 0.6 is 0 Å². The van der Waals surface area contributed by atoms with Crippen molar-refractivity contribution >= 4 is 17.6 Å². The number of carbonyl (C=O) groups is 2. The summed E-state index contributed by atoms with van der Waals surface area (Å²) in [5, 5.41) is 2.43. The number of benzene rings is 1. The van der Waals surface area contributed by atoms with Gasteiger partial charge in [-0.1, -0.05) is 0 Å². The highest BCUT2D eigenvalue weighted by atomic mass is 19.4. The van der Waals surface area contributed by atoms with Gasteiger partial charge in [0.15, 0.2) is 6.10 Å². The molecule has 20 heavy (non-hydrogen) atoms. The Kier molecular flexibility index (Phi) is 3.67. The first-order valence-electron chi connectivity index (χ1n) is 5.66. The number of amides is 3. The van der Waals surface area contributed by atoms with Gasteiger partial charge in [0.2, 0.25) is 0 Å². The number of hydrogen-bond donors (Lipinski definition) is 1. The Balaban J connectivity index is 2.30. The van der Waals surface area contributed by atoms with E-state index in [2.05, 4.69) is 5.32 Å². The minimum atomic E-state index is -4.47. The largest absolute Gasteiger partial charge is 0.416 e. The topological polar surface area (TPSA) is 58.6 Å². The number of hydrogen-bond acceptors (Lipinski definition) is 3. The molecule has 0 radical (unpaired) electrons. The number of nitrogens with zero attached hydrogens (tertiary/aromatic N) is 1. The van der Waals surface area contributed by atoms with Crippen LogP contribution in [0.15, 0.2) is 24.3 Å². The van der Waals surface area contributed by atoms with E-state index in [-0.39, 0.29) is 12.2 Å². The molecule has 1 aromatic rings. The summed E-state index contributed by atoms with van der Waals surface area (Å²) in [5.41, 5.74) is -0.795. The van der Waals surface area contributed by atoms with E-state index in [4.69, 9.17) is 4.74 Å². The van der Waals surface area contributed by atoms with Crippen LogP contribution in [0, 0.1) is 0 Å². The predicted molar refractivity (Wildman–Crippen MR) is 63.1 cm³/mol. The molecule has 0 spiro atoms. The lowest BCUT2D eigenvalue weighted by Crippen LogP contribution is -2.58. The SMILES string of the molecule is COC1CNC(=O)N(c2ccc(C(F)(F)F)cc2)C1=O. The monoisotopic (exact) mass is 288 g/mol. The fraction of sp³-hybridized carbons (Fsp3) is 0.333. The van der Waals surface area contributed by atoms with Crippen molar-refractivity contribution < 1.29 is 27.5 Å². The summed E-state index contributed by atoms with van der Waals surface area (Å²) < 4.78 is 42.3. The molecule has 1 N–H and O–H groups in total. The Morgan fingerprint density at radius 2 is 1.85 bits per heavy atom. The minimum Gasteiger partial charge on any atom is -0.370 e. The highest BCUT2D eigenvalue weighted by Gasteiger charge is 2.36. The maximum Gasteiger partial charge on any atom is 0.416 e. The molecule has 8 heteroatoms.